The number of amides is 1. The summed E-state index contributed by atoms with van der Waals surface area (Å²) in [7, 11) is 0. The van der Waals surface area contributed by atoms with E-state index in [1.807, 2.05) is 37.3 Å². The van der Waals surface area contributed by atoms with Crippen LogP contribution in [0.15, 0.2) is 65.7 Å². The van der Waals surface area contributed by atoms with Crippen LogP contribution in [0.4, 0.5) is 0 Å². The van der Waals surface area contributed by atoms with Crippen molar-refractivity contribution >= 4 is 5.91 Å². The molecule has 1 amide bonds. The summed E-state index contributed by atoms with van der Waals surface area (Å²) < 4.78 is 2.10. The van der Waals surface area contributed by atoms with Crippen LogP contribution in [0.3, 0.4) is 0 Å². The standard InChI is InChI=1S/C24H25N3O2/c1-17-15-22(28)23(24(29)26-20-8-9-20)21(10-7-18-5-3-2-4-6-18)27(17)16-19-11-13-25-14-12-19/h2-6,11-15,20H,7-10,16H2,1H3,(H,26,29). The molecule has 0 aliphatic heterocycles. The number of hydrogen-bond donors (Lipinski definition) is 1. The molecule has 1 fully saturated rings. The third-order valence-corrected chi connectivity index (χ3v) is 5.35. The molecule has 0 saturated heterocycles. The molecule has 148 valence electrons. The van der Waals surface area contributed by atoms with Gasteiger partial charge in [-0.3, -0.25) is 14.6 Å². The minimum atomic E-state index is -0.246. The van der Waals surface area contributed by atoms with Gasteiger partial charge in [-0.1, -0.05) is 30.3 Å². The Hall–Kier alpha value is -3.21. The molecule has 0 bridgehead atoms. The summed E-state index contributed by atoms with van der Waals surface area (Å²) in [6, 6.07) is 15.9. The molecule has 1 N–H and O–H groups in total. The predicted octanol–water partition coefficient (Wildman–Crippen LogP) is 3.28. The van der Waals surface area contributed by atoms with Gasteiger partial charge in [-0.25, -0.2) is 0 Å². The SMILES string of the molecule is Cc1cc(=O)c(C(=O)NC2CC2)c(CCc2ccccc2)n1Cc1ccncc1. The van der Waals surface area contributed by atoms with E-state index in [9.17, 15) is 9.59 Å². The van der Waals surface area contributed by atoms with Crippen molar-refractivity contribution in [3.05, 3.63) is 99.2 Å². The van der Waals surface area contributed by atoms with E-state index in [-0.39, 0.29) is 22.9 Å². The van der Waals surface area contributed by atoms with E-state index in [0.717, 1.165) is 36.2 Å². The van der Waals surface area contributed by atoms with Crippen molar-refractivity contribution in [3.8, 4) is 0 Å². The van der Waals surface area contributed by atoms with Crippen molar-refractivity contribution < 1.29 is 4.79 Å². The summed E-state index contributed by atoms with van der Waals surface area (Å²) >= 11 is 0. The van der Waals surface area contributed by atoms with Crippen LogP contribution in [0, 0.1) is 6.92 Å². The quantitative estimate of drug-likeness (QED) is 0.677. The number of nitrogens with one attached hydrogen (secondary N) is 1. The largest absolute Gasteiger partial charge is 0.349 e. The van der Waals surface area contributed by atoms with Crippen molar-refractivity contribution in [1.82, 2.24) is 14.9 Å². The molecule has 0 spiro atoms. The lowest BCUT2D eigenvalue weighted by Crippen LogP contribution is -2.34. The summed E-state index contributed by atoms with van der Waals surface area (Å²) in [6.45, 7) is 2.53. The van der Waals surface area contributed by atoms with Crippen LogP contribution < -0.4 is 10.7 Å². The molecule has 0 unspecified atom stereocenters. The fourth-order valence-electron chi connectivity index (χ4n) is 3.62. The van der Waals surface area contributed by atoms with Crippen molar-refractivity contribution in [2.75, 3.05) is 0 Å². The number of benzene rings is 1. The molecule has 0 radical (unpaired) electrons. The summed E-state index contributed by atoms with van der Waals surface area (Å²) in [5, 5.41) is 3.00. The lowest BCUT2D eigenvalue weighted by atomic mass is 10.0. The Morgan fingerprint density at radius 3 is 2.48 bits per heavy atom. The first-order valence-electron chi connectivity index (χ1n) is 10.1. The number of carbonyl (C=O) groups is 1. The molecule has 2 aromatic heterocycles. The zero-order valence-electron chi connectivity index (χ0n) is 16.6. The number of aromatic nitrogens is 2. The summed E-state index contributed by atoms with van der Waals surface area (Å²) in [5.74, 6) is -0.246. The number of pyridine rings is 2. The molecule has 5 nitrogen and oxygen atoms in total. The van der Waals surface area contributed by atoms with Gasteiger partial charge in [0, 0.05) is 42.4 Å². The molecule has 29 heavy (non-hydrogen) atoms. The molecule has 2 heterocycles. The maximum Gasteiger partial charge on any atom is 0.257 e. The van der Waals surface area contributed by atoms with E-state index < -0.39 is 0 Å². The van der Waals surface area contributed by atoms with Crippen LogP contribution in [-0.4, -0.2) is 21.5 Å². The van der Waals surface area contributed by atoms with E-state index in [0.29, 0.717) is 13.0 Å². The van der Waals surface area contributed by atoms with Gasteiger partial charge >= 0.3 is 0 Å². The summed E-state index contributed by atoms with van der Waals surface area (Å²) in [5.41, 5.74) is 4.01. The fourth-order valence-corrected chi connectivity index (χ4v) is 3.62. The monoisotopic (exact) mass is 387 g/mol. The van der Waals surface area contributed by atoms with E-state index in [2.05, 4.69) is 27.0 Å². The molecule has 0 atom stereocenters. The third kappa shape index (κ3) is 4.62. The first kappa shape index (κ1) is 19.1. The van der Waals surface area contributed by atoms with Gasteiger partial charge in [-0.2, -0.15) is 0 Å². The molecule has 1 aliphatic rings. The molecule has 4 rings (SSSR count). The van der Waals surface area contributed by atoms with E-state index in [1.54, 1.807) is 18.5 Å². The zero-order valence-corrected chi connectivity index (χ0v) is 16.6. The van der Waals surface area contributed by atoms with Gasteiger partial charge in [0.15, 0.2) is 5.43 Å². The number of carbonyl (C=O) groups excluding carboxylic acids is 1. The lowest BCUT2D eigenvalue weighted by molar-refractivity contribution is 0.0948. The number of hydrogen-bond acceptors (Lipinski definition) is 3. The average molecular weight is 387 g/mol. The van der Waals surface area contributed by atoms with Crippen LogP contribution in [0.1, 0.15) is 45.7 Å². The second-order valence-electron chi connectivity index (χ2n) is 7.65. The van der Waals surface area contributed by atoms with Crippen LogP contribution in [0.5, 0.6) is 0 Å². The first-order valence-corrected chi connectivity index (χ1v) is 10.1. The molecule has 5 heteroatoms. The van der Waals surface area contributed by atoms with Crippen molar-refractivity contribution in [2.24, 2.45) is 0 Å². The Kier molecular flexibility index (Phi) is 5.56. The minimum absolute atomic E-state index is 0.199. The second-order valence-corrected chi connectivity index (χ2v) is 7.65. The maximum absolute atomic E-state index is 12.9. The van der Waals surface area contributed by atoms with E-state index in [1.165, 1.54) is 5.56 Å². The predicted molar refractivity (Wildman–Crippen MR) is 113 cm³/mol. The second kappa shape index (κ2) is 8.43. The number of aryl methyl sites for hydroxylation is 2. The van der Waals surface area contributed by atoms with Gasteiger partial charge in [-0.05, 0) is 55.9 Å². The summed E-state index contributed by atoms with van der Waals surface area (Å²) in [4.78, 5) is 29.8. The van der Waals surface area contributed by atoms with Crippen LogP contribution >= 0.6 is 0 Å². The fraction of sp³-hybridized carbons (Fsp3) is 0.292. The highest BCUT2D eigenvalue weighted by Gasteiger charge is 2.27. The molecule has 1 aliphatic carbocycles. The van der Waals surface area contributed by atoms with Crippen LogP contribution in [0.2, 0.25) is 0 Å². The van der Waals surface area contributed by atoms with Crippen molar-refractivity contribution in [2.45, 2.75) is 45.2 Å². The van der Waals surface area contributed by atoms with Gasteiger partial charge in [0.2, 0.25) is 0 Å². The first-order chi connectivity index (χ1) is 14.1. The van der Waals surface area contributed by atoms with Gasteiger partial charge in [0.25, 0.3) is 5.91 Å². The van der Waals surface area contributed by atoms with E-state index >= 15 is 0 Å². The van der Waals surface area contributed by atoms with Gasteiger partial charge in [-0.15, -0.1) is 0 Å². The highest BCUT2D eigenvalue weighted by atomic mass is 16.2. The Morgan fingerprint density at radius 1 is 1.07 bits per heavy atom. The van der Waals surface area contributed by atoms with Crippen molar-refractivity contribution in [1.29, 1.82) is 0 Å². The van der Waals surface area contributed by atoms with Crippen LogP contribution in [-0.2, 0) is 19.4 Å². The van der Waals surface area contributed by atoms with Crippen LogP contribution in [0.25, 0.3) is 0 Å². The zero-order chi connectivity index (χ0) is 20.2. The highest BCUT2D eigenvalue weighted by molar-refractivity contribution is 5.95. The van der Waals surface area contributed by atoms with Gasteiger partial charge in [0.05, 0.1) is 0 Å². The van der Waals surface area contributed by atoms with Gasteiger partial charge in [0.1, 0.15) is 5.56 Å². The Morgan fingerprint density at radius 2 is 1.79 bits per heavy atom. The molecule has 1 aromatic carbocycles. The molecular formula is C24H25N3O2. The summed E-state index contributed by atoms with van der Waals surface area (Å²) in [6.07, 6.45) is 6.89. The van der Waals surface area contributed by atoms with E-state index in [4.69, 9.17) is 0 Å². The Balaban J connectivity index is 1.75. The van der Waals surface area contributed by atoms with Gasteiger partial charge < -0.3 is 9.88 Å². The molecule has 3 aromatic rings. The van der Waals surface area contributed by atoms with Crippen molar-refractivity contribution in [3.63, 3.8) is 0 Å². The average Bonchev–Trinajstić information content (AvgIpc) is 3.54. The highest BCUT2D eigenvalue weighted by Crippen LogP contribution is 2.21. The minimum Gasteiger partial charge on any atom is -0.349 e. The smallest absolute Gasteiger partial charge is 0.257 e. The Labute approximate surface area is 170 Å². The number of rotatable bonds is 7. The molecular weight excluding hydrogens is 362 g/mol. The molecule has 1 saturated carbocycles. The number of nitrogens with zero attached hydrogens (tertiary/aromatic N) is 2. The topological polar surface area (TPSA) is 64.0 Å². The lowest BCUT2D eigenvalue weighted by Gasteiger charge is -2.20. The Bertz CT molecular complexity index is 1050. The maximum atomic E-state index is 12.9. The normalized spacial score (nSPS) is 13.3. The third-order valence-electron chi connectivity index (χ3n) is 5.35.